The predicted octanol–water partition coefficient (Wildman–Crippen LogP) is 1.41. The van der Waals surface area contributed by atoms with Crippen molar-refractivity contribution in [2.45, 2.75) is 18.7 Å². The third-order valence-corrected chi connectivity index (χ3v) is 3.50. The van der Waals surface area contributed by atoms with Crippen LogP contribution >= 0.6 is 21.0 Å². The molecule has 8 heteroatoms. The van der Waals surface area contributed by atoms with E-state index >= 15 is 0 Å². The lowest BCUT2D eigenvalue weighted by atomic mass is 10.2. The number of thioether (sulfide) groups is 1. The van der Waals surface area contributed by atoms with Gasteiger partial charge in [0.1, 0.15) is 18.1 Å². The zero-order valence-electron chi connectivity index (χ0n) is 14.5. The van der Waals surface area contributed by atoms with Gasteiger partial charge in [0.25, 0.3) is 0 Å². The van der Waals surface area contributed by atoms with Crippen LogP contribution in [0.4, 0.5) is 0 Å². The first-order valence-electron chi connectivity index (χ1n) is 7.45. The number of hydrogen-bond acceptors (Lipinski definition) is 7. The number of aldehydes is 1. The summed E-state index contributed by atoms with van der Waals surface area (Å²) in [6.07, 6.45) is 1.82. The molecule has 0 spiro atoms. The van der Waals surface area contributed by atoms with Gasteiger partial charge in [0.05, 0.1) is 7.11 Å². The fraction of sp³-hybridized carbons (Fsp3) is 0.500. The molecule has 138 valence electrons. The fourth-order valence-electron chi connectivity index (χ4n) is 1.35. The molecular weight excluding hydrogens is 347 g/mol. The molecular formula is C16H29N2O4PS. The van der Waals surface area contributed by atoms with Crippen LogP contribution < -0.4 is 11.1 Å². The van der Waals surface area contributed by atoms with Gasteiger partial charge in [-0.05, 0) is 30.9 Å². The zero-order chi connectivity index (χ0) is 18.8. The lowest BCUT2D eigenvalue weighted by molar-refractivity contribution is -0.142. The molecule has 24 heavy (non-hydrogen) atoms. The number of phenols is 1. The first kappa shape index (κ1) is 25.1. The molecule has 0 saturated carbocycles. The lowest BCUT2D eigenvalue weighted by Gasteiger charge is -2.12. The van der Waals surface area contributed by atoms with Crippen molar-refractivity contribution in [3.05, 3.63) is 29.8 Å². The highest BCUT2D eigenvalue weighted by Crippen LogP contribution is 2.17. The Labute approximate surface area is 151 Å². The molecule has 0 bridgehead atoms. The van der Waals surface area contributed by atoms with E-state index in [4.69, 9.17) is 4.79 Å². The normalized spacial score (nSPS) is 10.4. The van der Waals surface area contributed by atoms with E-state index in [-0.39, 0.29) is 24.3 Å². The SMILES string of the molecule is CCP.CNC(CSCc1cccc(O)c1)C(=O)OC.NCC=O. The molecule has 0 fully saturated rings. The number of esters is 1. The van der Waals surface area contributed by atoms with E-state index in [9.17, 15) is 9.90 Å². The molecule has 0 aliphatic heterocycles. The fourth-order valence-corrected chi connectivity index (χ4v) is 2.42. The van der Waals surface area contributed by atoms with Gasteiger partial charge in [0.2, 0.25) is 0 Å². The Balaban J connectivity index is 0. The number of rotatable bonds is 7. The zero-order valence-corrected chi connectivity index (χ0v) is 16.5. The molecule has 0 aromatic heterocycles. The van der Waals surface area contributed by atoms with Crippen molar-refractivity contribution in [2.75, 3.05) is 32.6 Å². The monoisotopic (exact) mass is 376 g/mol. The minimum Gasteiger partial charge on any atom is -0.508 e. The lowest BCUT2D eigenvalue weighted by Crippen LogP contribution is -2.37. The van der Waals surface area contributed by atoms with Gasteiger partial charge < -0.3 is 25.7 Å². The van der Waals surface area contributed by atoms with Crippen LogP contribution in [0.1, 0.15) is 12.5 Å². The van der Waals surface area contributed by atoms with E-state index < -0.39 is 0 Å². The Morgan fingerprint density at radius 2 is 2.12 bits per heavy atom. The number of aromatic hydroxyl groups is 1. The van der Waals surface area contributed by atoms with Gasteiger partial charge in [-0.25, -0.2) is 0 Å². The van der Waals surface area contributed by atoms with Gasteiger partial charge >= 0.3 is 5.97 Å². The molecule has 1 aromatic carbocycles. The molecule has 2 unspecified atom stereocenters. The van der Waals surface area contributed by atoms with Crippen molar-refractivity contribution in [2.24, 2.45) is 5.73 Å². The summed E-state index contributed by atoms with van der Waals surface area (Å²) in [6, 6.07) is 6.82. The smallest absolute Gasteiger partial charge is 0.323 e. The van der Waals surface area contributed by atoms with E-state index in [2.05, 4.69) is 32.0 Å². The summed E-state index contributed by atoms with van der Waals surface area (Å²) >= 11 is 1.62. The topological polar surface area (TPSA) is 102 Å². The van der Waals surface area contributed by atoms with Crippen LogP contribution in [0.2, 0.25) is 0 Å². The molecule has 1 rings (SSSR count). The number of phenolic OH excluding ortho intramolecular Hbond substituents is 1. The molecule has 1 aromatic rings. The summed E-state index contributed by atoms with van der Waals surface area (Å²) in [7, 11) is 5.69. The molecule has 2 atom stereocenters. The predicted molar refractivity (Wildman–Crippen MR) is 105 cm³/mol. The maximum Gasteiger partial charge on any atom is 0.323 e. The highest BCUT2D eigenvalue weighted by atomic mass is 32.2. The maximum atomic E-state index is 11.3. The van der Waals surface area contributed by atoms with Crippen LogP contribution in [0.15, 0.2) is 24.3 Å². The van der Waals surface area contributed by atoms with Crippen molar-refractivity contribution >= 4 is 33.3 Å². The quantitative estimate of drug-likeness (QED) is 0.376. The largest absolute Gasteiger partial charge is 0.508 e. The van der Waals surface area contributed by atoms with Gasteiger partial charge in [0, 0.05) is 18.1 Å². The van der Waals surface area contributed by atoms with Gasteiger partial charge in [-0.15, -0.1) is 9.24 Å². The Hall–Kier alpha value is -1.14. The van der Waals surface area contributed by atoms with E-state index in [1.54, 1.807) is 37.0 Å². The molecule has 0 aliphatic carbocycles. The van der Waals surface area contributed by atoms with Crippen LogP contribution in [0.3, 0.4) is 0 Å². The number of hydrogen-bond donors (Lipinski definition) is 3. The number of carbonyl (C=O) groups is 2. The van der Waals surface area contributed by atoms with Gasteiger partial charge in [0.15, 0.2) is 0 Å². The summed E-state index contributed by atoms with van der Waals surface area (Å²) in [4.78, 5) is 20.4. The van der Waals surface area contributed by atoms with Crippen LogP contribution in [0.5, 0.6) is 5.75 Å². The van der Waals surface area contributed by atoms with Gasteiger partial charge in [-0.1, -0.05) is 19.1 Å². The minimum absolute atomic E-state index is 0.139. The van der Waals surface area contributed by atoms with Crippen molar-refractivity contribution in [1.82, 2.24) is 5.32 Å². The number of ether oxygens (including phenoxy) is 1. The van der Waals surface area contributed by atoms with Crippen molar-refractivity contribution in [3.63, 3.8) is 0 Å². The second kappa shape index (κ2) is 18.2. The molecule has 0 amide bonds. The Kier molecular flexibility index (Phi) is 19.0. The van der Waals surface area contributed by atoms with Gasteiger partial charge in [-0.2, -0.15) is 11.8 Å². The standard InChI is InChI=1S/C12H17NO3S.C2H5NO.C2H7P/c1-13-11(12(15)16-2)8-17-7-9-4-3-5-10(14)6-9;3-1-2-4;1-2-3/h3-6,11,13-14H,7-8H2,1-2H3;2H,1,3H2;2-3H2,1H3. The number of nitrogens with two attached hydrogens (primary N) is 1. The minimum atomic E-state index is -0.290. The average Bonchev–Trinajstić information content (AvgIpc) is 2.59. The summed E-state index contributed by atoms with van der Waals surface area (Å²) in [5, 5.41) is 12.2. The summed E-state index contributed by atoms with van der Waals surface area (Å²) in [5.74, 6) is 1.40. The first-order valence-corrected chi connectivity index (χ1v) is 9.42. The van der Waals surface area contributed by atoms with E-state index in [0.717, 1.165) is 11.3 Å². The van der Waals surface area contributed by atoms with Crippen molar-refractivity contribution < 1.29 is 19.4 Å². The van der Waals surface area contributed by atoms with E-state index in [1.807, 2.05) is 6.07 Å². The second-order valence-corrected chi connectivity index (χ2v) is 6.21. The summed E-state index contributed by atoms with van der Waals surface area (Å²) in [5.41, 5.74) is 5.70. The van der Waals surface area contributed by atoms with E-state index in [1.165, 1.54) is 13.3 Å². The third kappa shape index (κ3) is 14.5. The van der Waals surface area contributed by atoms with Gasteiger partial charge in [-0.3, -0.25) is 4.79 Å². The molecule has 0 aliphatic rings. The highest BCUT2D eigenvalue weighted by molar-refractivity contribution is 7.98. The second-order valence-electron chi connectivity index (χ2n) is 4.36. The Morgan fingerprint density at radius 3 is 2.54 bits per heavy atom. The molecule has 4 N–H and O–H groups in total. The molecule has 0 saturated heterocycles. The number of nitrogens with one attached hydrogen (secondary N) is 1. The number of likely N-dealkylation sites (N-methyl/N-ethyl adjacent to an activating group) is 1. The van der Waals surface area contributed by atoms with Crippen LogP contribution in [0, 0.1) is 0 Å². The highest BCUT2D eigenvalue weighted by Gasteiger charge is 2.16. The molecule has 0 radical (unpaired) electrons. The number of benzene rings is 1. The Bertz CT molecular complexity index is 450. The number of carbonyl (C=O) groups excluding carboxylic acids is 2. The van der Waals surface area contributed by atoms with Crippen LogP contribution in [-0.2, 0) is 20.1 Å². The van der Waals surface area contributed by atoms with Crippen LogP contribution in [-0.4, -0.2) is 56.0 Å². The average molecular weight is 376 g/mol. The molecule has 0 heterocycles. The summed E-state index contributed by atoms with van der Waals surface area (Å²) < 4.78 is 4.67. The van der Waals surface area contributed by atoms with Crippen LogP contribution in [0.25, 0.3) is 0 Å². The molecule has 6 nitrogen and oxygen atoms in total. The maximum absolute atomic E-state index is 11.3. The van der Waals surface area contributed by atoms with Crippen molar-refractivity contribution in [3.8, 4) is 5.75 Å². The Morgan fingerprint density at radius 1 is 1.54 bits per heavy atom. The number of methoxy groups -OCH3 is 1. The van der Waals surface area contributed by atoms with E-state index in [0.29, 0.717) is 12.0 Å². The summed E-state index contributed by atoms with van der Waals surface area (Å²) in [6.45, 7) is 2.23. The first-order chi connectivity index (χ1) is 11.5. The van der Waals surface area contributed by atoms with Crippen molar-refractivity contribution in [1.29, 1.82) is 0 Å². The third-order valence-electron chi connectivity index (χ3n) is 2.39.